The number of aryl methyl sites for hydroxylation is 1. The highest BCUT2D eigenvalue weighted by Crippen LogP contribution is 2.22. The number of nitrogens with one attached hydrogen (secondary N) is 2. The van der Waals surface area contributed by atoms with Crippen molar-refractivity contribution in [3.63, 3.8) is 0 Å². The summed E-state index contributed by atoms with van der Waals surface area (Å²) in [5, 5.41) is 5.30. The Balaban J connectivity index is 1.74. The van der Waals surface area contributed by atoms with Gasteiger partial charge in [-0.15, -0.1) is 11.3 Å². The van der Waals surface area contributed by atoms with E-state index in [1.165, 1.54) is 11.3 Å². The van der Waals surface area contributed by atoms with E-state index in [1.54, 1.807) is 12.1 Å². The van der Waals surface area contributed by atoms with E-state index in [9.17, 15) is 14.4 Å². The molecule has 1 aromatic heterocycles. The molecule has 2 rings (SSSR count). The zero-order chi connectivity index (χ0) is 18.2. The summed E-state index contributed by atoms with van der Waals surface area (Å²) in [5.74, 6) is -0.770. The van der Waals surface area contributed by atoms with Crippen LogP contribution in [0.2, 0.25) is 4.34 Å². The standard InChI is InChI=1S/C18H19ClN2O3S/c1-2-12-5-3-4-6-13(12)21-18(24)11-20-17(23)10-7-14(22)15-8-9-16(19)25-15/h3-6,8-9H,2,7,10-11H2,1H3,(H,20,23)(H,21,24). The van der Waals surface area contributed by atoms with Crippen LogP contribution in [0.15, 0.2) is 36.4 Å². The topological polar surface area (TPSA) is 75.3 Å². The van der Waals surface area contributed by atoms with Crippen molar-refractivity contribution in [1.82, 2.24) is 5.32 Å². The fourth-order valence-corrected chi connectivity index (χ4v) is 3.24. The predicted octanol–water partition coefficient (Wildman–Crippen LogP) is 3.68. The molecule has 132 valence electrons. The molecular weight excluding hydrogens is 360 g/mol. The van der Waals surface area contributed by atoms with Crippen LogP contribution in [0, 0.1) is 0 Å². The smallest absolute Gasteiger partial charge is 0.243 e. The molecule has 2 aromatic rings. The Morgan fingerprint density at radius 1 is 1.04 bits per heavy atom. The van der Waals surface area contributed by atoms with Gasteiger partial charge in [0, 0.05) is 18.5 Å². The molecule has 0 aliphatic carbocycles. The number of hydrogen-bond acceptors (Lipinski definition) is 4. The van der Waals surface area contributed by atoms with E-state index in [0.29, 0.717) is 9.21 Å². The van der Waals surface area contributed by atoms with Crippen molar-refractivity contribution in [1.29, 1.82) is 0 Å². The molecule has 0 unspecified atom stereocenters. The van der Waals surface area contributed by atoms with Gasteiger partial charge in [-0.1, -0.05) is 36.7 Å². The van der Waals surface area contributed by atoms with Crippen LogP contribution in [-0.2, 0) is 16.0 Å². The van der Waals surface area contributed by atoms with E-state index in [0.717, 1.165) is 17.7 Å². The summed E-state index contributed by atoms with van der Waals surface area (Å²) >= 11 is 6.97. The first-order valence-corrected chi connectivity index (χ1v) is 9.12. The number of halogens is 1. The molecule has 0 aliphatic rings. The molecular formula is C18H19ClN2O3S. The summed E-state index contributed by atoms with van der Waals surface area (Å²) in [6.07, 6.45) is 0.924. The number of ketones is 1. The molecule has 0 aliphatic heterocycles. The second-order valence-electron chi connectivity index (χ2n) is 5.36. The Labute approximate surface area is 155 Å². The molecule has 0 atom stereocenters. The first-order valence-electron chi connectivity index (χ1n) is 7.92. The quantitative estimate of drug-likeness (QED) is 0.688. The van der Waals surface area contributed by atoms with Gasteiger partial charge < -0.3 is 10.6 Å². The number of para-hydroxylation sites is 1. The Hall–Kier alpha value is -2.18. The molecule has 7 heteroatoms. The first kappa shape index (κ1) is 19.1. The summed E-state index contributed by atoms with van der Waals surface area (Å²) in [4.78, 5) is 36.2. The fraction of sp³-hybridized carbons (Fsp3) is 0.278. The highest BCUT2D eigenvalue weighted by Gasteiger charge is 2.12. The van der Waals surface area contributed by atoms with E-state index in [2.05, 4.69) is 10.6 Å². The van der Waals surface area contributed by atoms with E-state index in [-0.39, 0.29) is 37.0 Å². The van der Waals surface area contributed by atoms with Crippen LogP contribution in [0.3, 0.4) is 0 Å². The lowest BCUT2D eigenvalue weighted by Gasteiger charge is -2.10. The van der Waals surface area contributed by atoms with Gasteiger partial charge in [-0.25, -0.2) is 0 Å². The number of Topliss-reactive ketones (excluding diaryl/α,β-unsaturated/α-hetero) is 1. The normalized spacial score (nSPS) is 10.3. The summed E-state index contributed by atoms with van der Waals surface area (Å²) in [5.41, 5.74) is 1.77. The van der Waals surface area contributed by atoms with Crippen LogP contribution in [0.25, 0.3) is 0 Å². The van der Waals surface area contributed by atoms with Gasteiger partial charge in [-0.05, 0) is 30.2 Å². The van der Waals surface area contributed by atoms with E-state index in [1.807, 2.05) is 31.2 Å². The van der Waals surface area contributed by atoms with Gasteiger partial charge >= 0.3 is 0 Å². The van der Waals surface area contributed by atoms with Crippen LogP contribution in [0.4, 0.5) is 5.69 Å². The molecule has 0 spiro atoms. The van der Waals surface area contributed by atoms with Gasteiger partial charge in [-0.2, -0.15) is 0 Å². The zero-order valence-corrected chi connectivity index (χ0v) is 15.4. The average molecular weight is 379 g/mol. The van der Waals surface area contributed by atoms with Gasteiger partial charge in [0.05, 0.1) is 15.8 Å². The molecule has 25 heavy (non-hydrogen) atoms. The van der Waals surface area contributed by atoms with E-state index < -0.39 is 0 Å². The number of carbonyl (C=O) groups excluding carboxylic acids is 3. The van der Waals surface area contributed by atoms with Crippen molar-refractivity contribution in [3.8, 4) is 0 Å². The van der Waals surface area contributed by atoms with Crippen molar-refractivity contribution < 1.29 is 14.4 Å². The lowest BCUT2D eigenvalue weighted by atomic mass is 10.1. The Kier molecular flexibility index (Phi) is 7.16. The highest BCUT2D eigenvalue weighted by atomic mass is 35.5. The third-order valence-corrected chi connectivity index (χ3v) is 4.82. The molecule has 0 saturated carbocycles. The maximum Gasteiger partial charge on any atom is 0.243 e. The fourth-order valence-electron chi connectivity index (χ4n) is 2.23. The van der Waals surface area contributed by atoms with Crippen LogP contribution >= 0.6 is 22.9 Å². The maximum absolute atomic E-state index is 11.9. The average Bonchev–Trinajstić information content (AvgIpc) is 3.05. The largest absolute Gasteiger partial charge is 0.347 e. The minimum absolute atomic E-state index is 0.0349. The Bertz CT molecular complexity index is 773. The molecule has 2 amide bonds. The van der Waals surface area contributed by atoms with Crippen molar-refractivity contribution >= 4 is 46.2 Å². The SMILES string of the molecule is CCc1ccccc1NC(=O)CNC(=O)CCC(=O)c1ccc(Cl)s1. The number of anilines is 1. The molecule has 0 saturated heterocycles. The minimum atomic E-state index is -0.338. The van der Waals surface area contributed by atoms with Crippen molar-refractivity contribution in [3.05, 3.63) is 51.2 Å². The second kappa shape index (κ2) is 9.34. The molecule has 0 radical (unpaired) electrons. The minimum Gasteiger partial charge on any atom is -0.347 e. The van der Waals surface area contributed by atoms with Crippen LogP contribution < -0.4 is 10.6 Å². The summed E-state index contributed by atoms with van der Waals surface area (Å²) < 4.78 is 0.539. The number of amides is 2. The number of rotatable bonds is 8. The Morgan fingerprint density at radius 2 is 1.80 bits per heavy atom. The number of hydrogen-bond donors (Lipinski definition) is 2. The van der Waals surface area contributed by atoms with Crippen LogP contribution in [-0.4, -0.2) is 24.1 Å². The highest BCUT2D eigenvalue weighted by molar-refractivity contribution is 7.18. The molecule has 2 N–H and O–H groups in total. The second-order valence-corrected chi connectivity index (χ2v) is 7.08. The molecule has 5 nitrogen and oxygen atoms in total. The van der Waals surface area contributed by atoms with Gasteiger partial charge in [0.2, 0.25) is 11.8 Å². The van der Waals surface area contributed by atoms with E-state index in [4.69, 9.17) is 11.6 Å². The van der Waals surface area contributed by atoms with Crippen molar-refractivity contribution in [2.24, 2.45) is 0 Å². The van der Waals surface area contributed by atoms with Gasteiger partial charge in [-0.3, -0.25) is 14.4 Å². The summed E-state index contributed by atoms with van der Waals surface area (Å²) in [6.45, 7) is 1.88. The van der Waals surface area contributed by atoms with Crippen LogP contribution in [0.5, 0.6) is 0 Å². The number of carbonyl (C=O) groups is 3. The van der Waals surface area contributed by atoms with Gasteiger partial charge in [0.25, 0.3) is 0 Å². The maximum atomic E-state index is 11.9. The number of benzene rings is 1. The van der Waals surface area contributed by atoms with E-state index >= 15 is 0 Å². The molecule has 0 bridgehead atoms. The van der Waals surface area contributed by atoms with Gasteiger partial charge in [0.15, 0.2) is 5.78 Å². The van der Waals surface area contributed by atoms with Crippen molar-refractivity contribution in [2.45, 2.75) is 26.2 Å². The lowest BCUT2D eigenvalue weighted by Crippen LogP contribution is -2.33. The predicted molar refractivity (Wildman–Crippen MR) is 100 cm³/mol. The first-order chi connectivity index (χ1) is 12.0. The third-order valence-electron chi connectivity index (χ3n) is 3.55. The molecule has 1 aromatic carbocycles. The molecule has 1 heterocycles. The number of thiophene rings is 1. The zero-order valence-electron chi connectivity index (χ0n) is 13.8. The Morgan fingerprint density at radius 3 is 2.48 bits per heavy atom. The summed E-state index contributed by atoms with van der Waals surface area (Å²) in [6, 6.07) is 10.8. The lowest BCUT2D eigenvalue weighted by molar-refractivity contribution is -0.124. The molecule has 0 fully saturated rings. The van der Waals surface area contributed by atoms with Gasteiger partial charge in [0.1, 0.15) is 0 Å². The van der Waals surface area contributed by atoms with Crippen molar-refractivity contribution in [2.75, 3.05) is 11.9 Å². The van der Waals surface area contributed by atoms with Crippen LogP contribution in [0.1, 0.15) is 35.0 Å². The third kappa shape index (κ3) is 5.99. The summed E-state index contributed by atoms with van der Waals surface area (Å²) in [7, 11) is 0. The monoisotopic (exact) mass is 378 g/mol.